The average molecular weight is 369 g/mol. The molecule has 0 radical (unpaired) electrons. The lowest BCUT2D eigenvalue weighted by atomic mass is 9.97. The van der Waals surface area contributed by atoms with Gasteiger partial charge in [-0.25, -0.2) is 0 Å². The molecule has 0 spiro atoms. The van der Waals surface area contributed by atoms with E-state index in [0.717, 1.165) is 41.4 Å². The van der Waals surface area contributed by atoms with Crippen molar-refractivity contribution in [2.24, 2.45) is 0 Å². The third-order valence-electron chi connectivity index (χ3n) is 4.95. The monoisotopic (exact) mass is 369 g/mol. The van der Waals surface area contributed by atoms with Crippen LogP contribution in [0.1, 0.15) is 50.2 Å². The Morgan fingerprint density at radius 2 is 2.15 bits per heavy atom. The van der Waals surface area contributed by atoms with Gasteiger partial charge in [-0.3, -0.25) is 9.59 Å². The zero-order valence-corrected chi connectivity index (χ0v) is 16.0. The van der Waals surface area contributed by atoms with Crippen LogP contribution in [0.4, 0.5) is 0 Å². The number of aryl methyl sites for hydroxylation is 1. The highest BCUT2D eigenvalue weighted by atomic mass is 16.5. The second-order valence-electron chi connectivity index (χ2n) is 7.22. The van der Waals surface area contributed by atoms with Crippen molar-refractivity contribution in [1.82, 2.24) is 5.32 Å². The molecule has 5 heteroatoms. The summed E-state index contributed by atoms with van der Waals surface area (Å²) in [6.45, 7) is 4.17. The molecule has 1 heterocycles. The summed E-state index contributed by atoms with van der Waals surface area (Å²) < 4.78 is 10.8. The van der Waals surface area contributed by atoms with Crippen LogP contribution in [0.5, 0.6) is 0 Å². The molecular weight excluding hydrogens is 342 g/mol. The van der Waals surface area contributed by atoms with E-state index in [1.54, 1.807) is 13.2 Å². The van der Waals surface area contributed by atoms with Crippen LogP contribution < -0.4 is 5.32 Å². The number of allylic oxidation sites excluding steroid dienone is 1. The summed E-state index contributed by atoms with van der Waals surface area (Å²) >= 11 is 0. The first-order valence-corrected chi connectivity index (χ1v) is 9.65. The highest BCUT2D eigenvalue weighted by Crippen LogP contribution is 2.23. The second-order valence-corrected chi connectivity index (χ2v) is 7.22. The Bertz CT molecular complexity index is 849. The van der Waals surface area contributed by atoms with Gasteiger partial charge < -0.3 is 14.5 Å². The molecule has 1 N–H and O–H groups in total. The van der Waals surface area contributed by atoms with Crippen molar-refractivity contribution < 1.29 is 18.7 Å². The summed E-state index contributed by atoms with van der Waals surface area (Å²) in [4.78, 5) is 24.4. The Balaban J connectivity index is 1.46. The molecule has 1 aromatic heterocycles. The van der Waals surface area contributed by atoms with Gasteiger partial charge in [0, 0.05) is 17.5 Å². The molecule has 1 atom stereocenters. The SMILES string of the molecule is Cc1ccc2c(CC(=O)O[C@@H](C)C(=O)NCCC3=CCCCC3)coc2c1. The van der Waals surface area contributed by atoms with Crippen molar-refractivity contribution in [3.63, 3.8) is 0 Å². The van der Waals surface area contributed by atoms with Gasteiger partial charge in [0.1, 0.15) is 5.58 Å². The molecule has 144 valence electrons. The minimum absolute atomic E-state index is 0.0839. The van der Waals surface area contributed by atoms with E-state index in [-0.39, 0.29) is 12.3 Å². The van der Waals surface area contributed by atoms with Crippen molar-refractivity contribution in [2.45, 2.75) is 58.5 Å². The van der Waals surface area contributed by atoms with Crippen LogP contribution in [-0.2, 0) is 20.7 Å². The number of carbonyl (C=O) groups excluding carboxylic acids is 2. The van der Waals surface area contributed by atoms with Crippen LogP contribution in [-0.4, -0.2) is 24.5 Å². The number of esters is 1. The number of hydrogen-bond donors (Lipinski definition) is 1. The van der Waals surface area contributed by atoms with Crippen molar-refractivity contribution in [1.29, 1.82) is 0 Å². The molecule has 1 aromatic carbocycles. The van der Waals surface area contributed by atoms with E-state index in [9.17, 15) is 9.59 Å². The third-order valence-corrected chi connectivity index (χ3v) is 4.95. The molecule has 2 aromatic rings. The van der Waals surface area contributed by atoms with Crippen LogP contribution in [0.15, 0.2) is 40.5 Å². The van der Waals surface area contributed by atoms with Crippen LogP contribution in [0, 0.1) is 6.92 Å². The molecule has 5 nitrogen and oxygen atoms in total. The summed E-state index contributed by atoms with van der Waals surface area (Å²) in [5.74, 6) is -0.691. The number of rotatable bonds is 7. The molecule has 1 amide bonds. The average Bonchev–Trinajstić information content (AvgIpc) is 3.04. The Morgan fingerprint density at radius 1 is 1.30 bits per heavy atom. The molecular formula is C22H27NO4. The zero-order valence-electron chi connectivity index (χ0n) is 16.0. The number of furan rings is 1. The molecule has 27 heavy (non-hydrogen) atoms. The highest BCUT2D eigenvalue weighted by Gasteiger charge is 2.19. The second kappa shape index (κ2) is 8.89. The van der Waals surface area contributed by atoms with Crippen LogP contribution in [0.3, 0.4) is 0 Å². The number of hydrogen-bond acceptors (Lipinski definition) is 4. The number of benzene rings is 1. The van der Waals surface area contributed by atoms with E-state index >= 15 is 0 Å². The number of fused-ring (bicyclic) bond motifs is 1. The normalized spacial score (nSPS) is 15.3. The maximum Gasteiger partial charge on any atom is 0.311 e. The van der Waals surface area contributed by atoms with Crippen LogP contribution in [0.2, 0.25) is 0 Å². The fourth-order valence-corrected chi connectivity index (χ4v) is 3.40. The molecule has 0 aliphatic heterocycles. The summed E-state index contributed by atoms with van der Waals surface area (Å²) in [6.07, 6.45) is 8.75. The van der Waals surface area contributed by atoms with E-state index in [0.29, 0.717) is 6.54 Å². The largest absolute Gasteiger partial charge is 0.464 e. The lowest BCUT2D eigenvalue weighted by molar-refractivity contribution is -0.154. The molecule has 0 fully saturated rings. The van der Waals surface area contributed by atoms with Crippen molar-refractivity contribution in [2.75, 3.05) is 6.54 Å². The van der Waals surface area contributed by atoms with E-state index in [1.807, 2.05) is 25.1 Å². The van der Waals surface area contributed by atoms with Gasteiger partial charge in [0.2, 0.25) is 0 Å². The summed E-state index contributed by atoms with van der Waals surface area (Å²) in [5, 5.41) is 3.75. The minimum Gasteiger partial charge on any atom is -0.464 e. The zero-order chi connectivity index (χ0) is 19.2. The molecule has 0 bridgehead atoms. The fraction of sp³-hybridized carbons (Fsp3) is 0.455. The van der Waals surface area contributed by atoms with Gasteiger partial charge in [-0.15, -0.1) is 0 Å². The maximum atomic E-state index is 12.2. The van der Waals surface area contributed by atoms with Gasteiger partial charge in [-0.05, 0) is 57.6 Å². The number of ether oxygens (including phenoxy) is 1. The van der Waals surface area contributed by atoms with Crippen molar-refractivity contribution in [3.05, 3.63) is 47.2 Å². The van der Waals surface area contributed by atoms with Gasteiger partial charge in [-0.1, -0.05) is 23.8 Å². The molecule has 3 rings (SSSR count). The predicted molar refractivity (Wildman–Crippen MR) is 104 cm³/mol. The first-order valence-electron chi connectivity index (χ1n) is 9.65. The van der Waals surface area contributed by atoms with Gasteiger partial charge in [0.25, 0.3) is 5.91 Å². The van der Waals surface area contributed by atoms with Crippen molar-refractivity contribution in [3.8, 4) is 0 Å². The molecule has 0 saturated heterocycles. The minimum atomic E-state index is -0.807. The first-order chi connectivity index (χ1) is 13.0. The Kier molecular flexibility index (Phi) is 6.32. The number of nitrogens with one attached hydrogen (secondary N) is 1. The molecule has 1 aliphatic carbocycles. The number of carbonyl (C=O) groups is 2. The van der Waals surface area contributed by atoms with Gasteiger partial charge in [0.15, 0.2) is 6.10 Å². The summed E-state index contributed by atoms with van der Waals surface area (Å²) in [6, 6.07) is 5.85. The Morgan fingerprint density at radius 3 is 2.93 bits per heavy atom. The maximum absolute atomic E-state index is 12.2. The quantitative estimate of drug-likeness (QED) is 0.586. The molecule has 0 saturated carbocycles. The summed E-state index contributed by atoms with van der Waals surface area (Å²) in [5.41, 5.74) is 4.03. The Hall–Kier alpha value is -2.56. The lowest BCUT2D eigenvalue weighted by Crippen LogP contribution is -2.36. The van der Waals surface area contributed by atoms with E-state index in [4.69, 9.17) is 9.15 Å². The van der Waals surface area contributed by atoms with Gasteiger partial charge in [-0.2, -0.15) is 0 Å². The number of amides is 1. The first kappa shape index (κ1) is 19.2. The van der Waals surface area contributed by atoms with E-state index < -0.39 is 12.1 Å². The standard InChI is InChI=1S/C22H27NO4/c1-15-8-9-19-18(14-26-20(19)12-15)13-21(24)27-16(2)22(25)23-11-10-17-6-4-3-5-7-17/h6,8-9,12,14,16H,3-5,7,10-11,13H2,1-2H3,(H,23,25)/t16-/m0/s1. The fourth-order valence-electron chi connectivity index (χ4n) is 3.40. The molecule has 0 unspecified atom stereocenters. The van der Waals surface area contributed by atoms with E-state index in [1.165, 1.54) is 18.4 Å². The summed E-state index contributed by atoms with van der Waals surface area (Å²) in [7, 11) is 0. The van der Waals surface area contributed by atoms with Crippen LogP contribution >= 0.6 is 0 Å². The van der Waals surface area contributed by atoms with E-state index in [2.05, 4.69) is 11.4 Å². The topological polar surface area (TPSA) is 68.5 Å². The predicted octanol–water partition coefficient (Wildman–Crippen LogP) is 4.22. The highest BCUT2D eigenvalue weighted by molar-refractivity contribution is 5.88. The van der Waals surface area contributed by atoms with Crippen molar-refractivity contribution >= 4 is 22.8 Å². The molecule has 1 aliphatic rings. The Labute approximate surface area is 159 Å². The van der Waals surface area contributed by atoms with Gasteiger partial charge >= 0.3 is 5.97 Å². The van der Waals surface area contributed by atoms with Crippen LogP contribution in [0.25, 0.3) is 11.0 Å². The third kappa shape index (κ3) is 5.22. The smallest absolute Gasteiger partial charge is 0.311 e. The lowest BCUT2D eigenvalue weighted by Gasteiger charge is -2.15. The van der Waals surface area contributed by atoms with Gasteiger partial charge in [0.05, 0.1) is 12.7 Å².